The SMILES string of the molecule is C=C(/C=C(\C=C(\N)CC)CC)Nc1nccc(-c2cccc(OCC)c2)n1. The van der Waals surface area contributed by atoms with Crippen molar-refractivity contribution in [2.45, 2.75) is 33.6 Å². The molecule has 1 aromatic heterocycles. The summed E-state index contributed by atoms with van der Waals surface area (Å²) in [6.45, 7) is 10.8. The fourth-order valence-corrected chi connectivity index (χ4v) is 2.48. The molecule has 0 saturated carbocycles. The number of nitrogens with zero attached hydrogens (tertiary/aromatic N) is 2. The molecule has 0 spiro atoms. The Morgan fingerprint density at radius 3 is 2.70 bits per heavy atom. The van der Waals surface area contributed by atoms with E-state index in [4.69, 9.17) is 10.5 Å². The molecule has 142 valence electrons. The van der Waals surface area contributed by atoms with Crippen LogP contribution in [0.15, 0.2) is 72.2 Å². The van der Waals surface area contributed by atoms with Crippen LogP contribution in [-0.4, -0.2) is 16.6 Å². The van der Waals surface area contributed by atoms with Gasteiger partial charge in [0.05, 0.1) is 12.3 Å². The van der Waals surface area contributed by atoms with Gasteiger partial charge in [-0.15, -0.1) is 0 Å². The first-order chi connectivity index (χ1) is 13.0. The fraction of sp³-hybridized carbons (Fsp3) is 0.273. The lowest BCUT2D eigenvalue weighted by Crippen LogP contribution is -2.02. The summed E-state index contributed by atoms with van der Waals surface area (Å²) >= 11 is 0. The Morgan fingerprint density at radius 1 is 1.19 bits per heavy atom. The van der Waals surface area contributed by atoms with Gasteiger partial charge in [0.15, 0.2) is 0 Å². The van der Waals surface area contributed by atoms with Gasteiger partial charge in [-0.2, -0.15) is 0 Å². The Morgan fingerprint density at radius 2 is 2.00 bits per heavy atom. The number of benzene rings is 1. The van der Waals surface area contributed by atoms with Crippen LogP contribution in [0.3, 0.4) is 0 Å². The van der Waals surface area contributed by atoms with Crippen LogP contribution in [0.25, 0.3) is 11.3 Å². The lowest BCUT2D eigenvalue weighted by molar-refractivity contribution is 0.340. The van der Waals surface area contributed by atoms with Gasteiger partial charge in [-0.25, -0.2) is 9.97 Å². The van der Waals surface area contributed by atoms with Gasteiger partial charge in [0, 0.05) is 23.2 Å². The minimum Gasteiger partial charge on any atom is -0.494 e. The lowest BCUT2D eigenvalue weighted by Gasteiger charge is -2.09. The average Bonchev–Trinajstić information content (AvgIpc) is 2.68. The molecule has 0 fully saturated rings. The van der Waals surface area contributed by atoms with Crippen LogP contribution in [0, 0.1) is 0 Å². The highest BCUT2D eigenvalue weighted by Crippen LogP contribution is 2.23. The Kier molecular flexibility index (Phi) is 7.62. The van der Waals surface area contributed by atoms with Crippen LogP contribution >= 0.6 is 0 Å². The van der Waals surface area contributed by atoms with Gasteiger partial charge in [0.1, 0.15) is 5.75 Å². The summed E-state index contributed by atoms with van der Waals surface area (Å²) in [5, 5.41) is 3.15. The zero-order chi connectivity index (χ0) is 19.6. The topological polar surface area (TPSA) is 73.1 Å². The van der Waals surface area contributed by atoms with Crippen molar-refractivity contribution in [3.8, 4) is 17.0 Å². The van der Waals surface area contributed by atoms with Gasteiger partial charge in [-0.05, 0) is 55.7 Å². The first-order valence-electron chi connectivity index (χ1n) is 9.24. The molecule has 0 radical (unpaired) electrons. The van der Waals surface area contributed by atoms with E-state index in [0.717, 1.165) is 41.1 Å². The third kappa shape index (κ3) is 6.29. The lowest BCUT2D eigenvalue weighted by atomic mass is 10.1. The number of nitrogens with one attached hydrogen (secondary N) is 1. The van der Waals surface area contributed by atoms with E-state index in [-0.39, 0.29) is 0 Å². The van der Waals surface area contributed by atoms with Crippen molar-refractivity contribution >= 4 is 5.95 Å². The van der Waals surface area contributed by atoms with Crippen molar-refractivity contribution in [1.29, 1.82) is 0 Å². The summed E-state index contributed by atoms with van der Waals surface area (Å²) < 4.78 is 5.56. The van der Waals surface area contributed by atoms with Gasteiger partial charge in [-0.3, -0.25) is 0 Å². The van der Waals surface area contributed by atoms with E-state index in [1.54, 1.807) is 6.20 Å². The number of hydrogen-bond acceptors (Lipinski definition) is 5. The number of hydrogen-bond donors (Lipinski definition) is 2. The molecule has 0 aliphatic carbocycles. The maximum atomic E-state index is 5.93. The highest BCUT2D eigenvalue weighted by atomic mass is 16.5. The first-order valence-corrected chi connectivity index (χ1v) is 9.24. The summed E-state index contributed by atoms with van der Waals surface area (Å²) in [7, 11) is 0. The largest absolute Gasteiger partial charge is 0.494 e. The molecule has 0 saturated heterocycles. The maximum absolute atomic E-state index is 5.93. The van der Waals surface area contributed by atoms with Gasteiger partial charge in [-0.1, -0.05) is 32.6 Å². The zero-order valence-electron chi connectivity index (χ0n) is 16.3. The van der Waals surface area contributed by atoms with Gasteiger partial charge in [0.25, 0.3) is 0 Å². The van der Waals surface area contributed by atoms with Crippen LogP contribution in [0.5, 0.6) is 5.75 Å². The molecule has 3 N–H and O–H groups in total. The molecule has 5 heteroatoms. The van der Waals surface area contributed by atoms with Crippen LogP contribution in [0.2, 0.25) is 0 Å². The molecule has 0 aliphatic heterocycles. The van der Waals surface area contributed by atoms with Crippen LogP contribution in [-0.2, 0) is 0 Å². The van der Waals surface area contributed by atoms with E-state index >= 15 is 0 Å². The van der Waals surface area contributed by atoms with Crippen molar-refractivity contribution in [2.75, 3.05) is 11.9 Å². The summed E-state index contributed by atoms with van der Waals surface area (Å²) in [4.78, 5) is 8.88. The summed E-state index contributed by atoms with van der Waals surface area (Å²) in [5.74, 6) is 1.32. The number of allylic oxidation sites excluding steroid dienone is 4. The minimum absolute atomic E-state index is 0.499. The quantitative estimate of drug-likeness (QED) is 0.609. The van der Waals surface area contributed by atoms with E-state index in [1.807, 2.05) is 56.3 Å². The molecule has 27 heavy (non-hydrogen) atoms. The van der Waals surface area contributed by atoms with Crippen LogP contribution in [0.4, 0.5) is 5.95 Å². The van der Waals surface area contributed by atoms with Crippen molar-refractivity contribution in [3.05, 3.63) is 72.2 Å². The van der Waals surface area contributed by atoms with Gasteiger partial charge < -0.3 is 15.8 Å². The van der Waals surface area contributed by atoms with Crippen molar-refractivity contribution in [2.24, 2.45) is 5.73 Å². The Hall–Kier alpha value is -3.08. The molecular formula is C22H28N4O. The number of rotatable bonds is 9. The second-order valence-corrected chi connectivity index (χ2v) is 6.02. The number of nitrogens with two attached hydrogens (primary N) is 1. The Balaban J connectivity index is 2.18. The second-order valence-electron chi connectivity index (χ2n) is 6.02. The fourth-order valence-electron chi connectivity index (χ4n) is 2.48. The maximum Gasteiger partial charge on any atom is 0.227 e. The smallest absolute Gasteiger partial charge is 0.227 e. The third-order valence-corrected chi connectivity index (χ3v) is 3.92. The molecule has 0 atom stereocenters. The van der Waals surface area contributed by atoms with E-state index in [0.29, 0.717) is 18.3 Å². The molecule has 0 bridgehead atoms. The van der Waals surface area contributed by atoms with Gasteiger partial charge in [0.2, 0.25) is 5.95 Å². The zero-order valence-corrected chi connectivity index (χ0v) is 16.3. The van der Waals surface area contributed by atoms with Crippen molar-refractivity contribution in [1.82, 2.24) is 9.97 Å². The Labute approximate surface area is 161 Å². The molecule has 0 aliphatic rings. The van der Waals surface area contributed by atoms with E-state index < -0.39 is 0 Å². The Bertz CT molecular complexity index is 840. The first kappa shape index (κ1) is 20.2. The number of ether oxygens (including phenoxy) is 1. The normalized spacial score (nSPS) is 12.0. The molecule has 1 aromatic carbocycles. The number of anilines is 1. The minimum atomic E-state index is 0.499. The molecule has 0 unspecified atom stereocenters. The summed E-state index contributed by atoms with van der Waals surface area (Å²) in [6.07, 6.45) is 7.37. The van der Waals surface area contributed by atoms with Crippen molar-refractivity contribution < 1.29 is 4.74 Å². The molecule has 2 aromatic rings. The summed E-state index contributed by atoms with van der Waals surface area (Å²) in [6, 6.07) is 9.72. The number of aromatic nitrogens is 2. The molecule has 0 amide bonds. The molecule has 1 heterocycles. The van der Waals surface area contributed by atoms with Crippen molar-refractivity contribution in [3.63, 3.8) is 0 Å². The third-order valence-electron chi connectivity index (χ3n) is 3.92. The predicted molar refractivity (Wildman–Crippen MR) is 112 cm³/mol. The molecule has 5 nitrogen and oxygen atoms in total. The monoisotopic (exact) mass is 364 g/mol. The van der Waals surface area contributed by atoms with E-state index in [9.17, 15) is 0 Å². The van der Waals surface area contributed by atoms with Crippen LogP contribution in [0.1, 0.15) is 33.6 Å². The molecular weight excluding hydrogens is 336 g/mol. The summed E-state index contributed by atoms with van der Waals surface area (Å²) in [5.41, 5.74) is 10.4. The highest BCUT2D eigenvalue weighted by molar-refractivity contribution is 5.62. The second kappa shape index (κ2) is 10.2. The van der Waals surface area contributed by atoms with E-state index in [1.165, 1.54) is 0 Å². The average molecular weight is 364 g/mol. The predicted octanol–water partition coefficient (Wildman–Crippen LogP) is 5.06. The standard InChI is InChI=1S/C22H28N4O/c1-5-17(14-19(23)6-2)13-16(4)25-22-24-12-11-21(26-22)18-9-8-10-20(15-18)27-7-3/h8-15H,4-7,23H2,1-3H3,(H,24,25,26)/b17-13-,19-14+. The highest BCUT2D eigenvalue weighted by Gasteiger charge is 2.05. The van der Waals surface area contributed by atoms with E-state index in [2.05, 4.69) is 28.8 Å². The molecule has 2 rings (SSSR count). The van der Waals surface area contributed by atoms with Crippen LogP contribution < -0.4 is 15.8 Å². The van der Waals surface area contributed by atoms with Gasteiger partial charge >= 0.3 is 0 Å².